The number of piperazine rings is 1. The van der Waals surface area contributed by atoms with Crippen LogP contribution >= 0.6 is 0 Å². The van der Waals surface area contributed by atoms with Gasteiger partial charge >= 0.3 is 0 Å². The van der Waals surface area contributed by atoms with Crippen LogP contribution in [0.3, 0.4) is 0 Å². The first-order chi connectivity index (χ1) is 6.64. The second kappa shape index (κ2) is 5.65. The number of nitrogens with one attached hydrogen (secondary N) is 1. The van der Waals surface area contributed by atoms with E-state index < -0.39 is 10.1 Å². The fourth-order valence-corrected chi connectivity index (χ4v) is 1.81. The Balaban J connectivity index is 2.14. The smallest absolute Gasteiger partial charge is 0.267 e. The summed E-state index contributed by atoms with van der Waals surface area (Å²) < 4.78 is 26.8. The molecule has 0 aliphatic carbocycles. The van der Waals surface area contributed by atoms with Crippen LogP contribution in [0.25, 0.3) is 0 Å². The predicted molar refractivity (Wildman–Crippen MR) is 54.7 cm³/mol. The molecule has 0 saturated carbocycles. The molecule has 0 spiro atoms. The molecule has 1 heterocycles. The summed E-state index contributed by atoms with van der Waals surface area (Å²) >= 11 is 0. The van der Waals surface area contributed by atoms with E-state index in [4.69, 9.17) is 4.18 Å². The fourth-order valence-electron chi connectivity index (χ4n) is 1.31. The van der Waals surface area contributed by atoms with Crippen LogP contribution in [-0.2, 0) is 14.3 Å². The van der Waals surface area contributed by atoms with Crippen molar-refractivity contribution in [2.24, 2.45) is 0 Å². The molecule has 1 saturated heterocycles. The van der Waals surface area contributed by atoms with Gasteiger partial charge < -0.3 is 5.32 Å². The van der Waals surface area contributed by atoms with Crippen molar-refractivity contribution in [3.63, 3.8) is 0 Å². The highest BCUT2D eigenvalue weighted by molar-refractivity contribution is 7.86. The number of nitrogens with zero attached hydrogens (tertiary/aromatic N) is 1. The molecule has 5 nitrogen and oxygen atoms in total. The Morgan fingerprint density at radius 1 is 1.36 bits per heavy atom. The van der Waals surface area contributed by atoms with Crippen molar-refractivity contribution >= 4 is 10.1 Å². The molecule has 0 aromatic carbocycles. The van der Waals surface area contributed by atoms with Gasteiger partial charge in [0.05, 0.1) is 12.4 Å². The maximum Gasteiger partial charge on any atom is 0.267 e. The van der Waals surface area contributed by atoms with Gasteiger partial charge in [0.2, 0.25) is 0 Å². The van der Waals surface area contributed by atoms with Crippen LogP contribution in [0.2, 0.25) is 0 Å². The van der Waals surface area contributed by atoms with Gasteiger partial charge in [-0.05, 0) is 6.92 Å². The largest absolute Gasteiger partial charge is 0.314 e. The Morgan fingerprint density at radius 2 is 2.00 bits per heavy atom. The highest BCUT2D eigenvalue weighted by atomic mass is 32.2. The van der Waals surface area contributed by atoms with Gasteiger partial charge in [0, 0.05) is 32.7 Å². The minimum absolute atomic E-state index is 0.0502. The first-order valence-electron chi connectivity index (χ1n) is 4.94. The third kappa shape index (κ3) is 4.36. The molecule has 0 atom stereocenters. The quantitative estimate of drug-likeness (QED) is 0.621. The van der Waals surface area contributed by atoms with E-state index in [-0.39, 0.29) is 12.4 Å². The van der Waals surface area contributed by atoms with Gasteiger partial charge in [-0.15, -0.1) is 0 Å². The van der Waals surface area contributed by atoms with Gasteiger partial charge in [0.15, 0.2) is 0 Å². The molecule has 14 heavy (non-hydrogen) atoms. The van der Waals surface area contributed by atoms with Crippen molar-refractivity contribution in [1.29, 1.82) is 0 Å². The lowest BCUT2D eigenvalue weighted by molar-refractivity contribution is 0.194. The minimum atomic E-state index is -3.26. The van der Waals surface area contributed by atoms with E-state index in [1.165, 1.54) is 0 Å². The van der Waals surface area contributed by atoms with E-state index >= 15 is 0 Å². The molecule has 0 unspecified atom stereocenters. The van der Waals surface area contributed by atoms with Gasteiger partial charge in [-0.3, -0.25) is 9.08 Å². The summed E-state index contributed by atoms with van der Waals surface area (Å²) in [5, 5.41) is 3.23. The van der Waals surface area contributed by atoms with E-state index in [2.05, 4.69) is 10.2 Å². The highest BCUT2D eigenvalue weighted by Crippen LogP contribution is 1.95. The number of rotatable bonds is 5. The lowest BCUT2D eigenvalue weighted by Crippen LogP contribution is -2.44. The van der Waals surface area contributed by atoms with Gasteiger partial charge in [-0.1, -0.05) is 0 Å². The molecule has 0 radical (unpaired) electrons. The fraction of sp³-hybridized carbons (Fsp3) is 1.00. The van der Waals surface area contributed by atoms with E-state index in [0.717, 1.165) is 26.2 Å². The lowest BCUT2D eigenvalue weighted by Gasteiger charge is -2.26. The molecule has 0 aromatic heterocycles. The molecule has 1 N–H and O–H groups in total. The topological polar surface area (TPSA) is 58.6 Å². The average Bonchev–Trinajstić information content (AvgIpc) is 2.19. The molecule has 6 heteroatoms. The third-order valence-corrected chi connectivity index (χ3v) is 3.47. The Morgan fingerprint density at radius 3 is 2.57 bits per heavy atom. The Labute approximate surface area is 85.5 Å². The van der Waals surface area contributed by atoms with E-state index in [0.29, 0.717) is 6.54 Å². The number of hydrogen-bond acceptors (Lipinski definition) is 5. The first kappa shape index (κ1) is 11.9. The normalized spacial score (nSPS) is 19.8. The molecule has 0 aromatic rings. The van der Waals surface area contributed by atoms with Crippen LogP contribution in [-0.4, -0.2) is 58.4 Å². The van der Waals surface area contributed by atoms with Crippen LogP contribution in [0.15, 0.2) is 0 Å². The summed E-state index contributed by atoms with van der Waals surface area (Å²) in [6.07, 6.45) is 0. The summed E-state index contributed by atoms with van der Waals surface area (Å²) in [4.78, 5) is 2.20. The summed E-state index contributed by atoms with van der Waals surface area (Å²) in [7, 11) is -3.26. The zero-order chi connectivity index (χ0) is 10.4. The standard InChI is InChI=1S/C8H18N2O3S/c1-2-14(11,12)13-8-7-10-5-3-9-4-6-10/h9H,2-8H2,1H3. The molecule has 84 valence electrons. The molecule has 1 fully saturated rings. The molecular formula is C8H18N2O3S. The maximum atomic E-state index is 11.0. The molecular weight excluding hydrogens is 204 g/mol. The van der Waals surface area contributed by atoms with E-state index in [9.17, 15) is 8.42 Å². The average molecular weight is 222 g/mol. The van der Waals surface area contributed by atoms with Crippen LogP contribution in [0, 0.1) is 0 Å². The Bertz CT molecular complexity index is 247. The zero-order valence-corrected chi connectivity index (χ0v) is 9.35. The van der Waals surface area contributed by atoms with Crippen molar-refractivity contribution in [2.45, 2.75) is 6.92 Å². The molecule has 0 bridgehead atoms. The SMILES string of the molecule is CCS(=O)(=O)OCCN1CCNCC1. The second-order valence-electron chi connectivity index (χ2n) is 3.26. The predicted octanol–water partition coefficient (Wildman–Crippen LogP) is -0.742. The highest BCUT2D eigenvalue weighted by Gasteiger charge is 2.11. The molecule has 1 aliphatic rings. The van der Waals surface area contributed by atoms with Crippen molar-refractivity contribution in [2.75, 3.05) is 45.1 Å². The van der Waals surface area contributed by atoms with Gasteiger partial charge in [0.1, 0.15) is 0 Å². The third-order valence-electron chi connectivity index (χ3n) is 2.23. The van der Waals surface area contributed by atoms with Gasteiger partial charge in [-0.2, -0.15) is 8.42 Å². The molecule has 1 aliphatic heterocycles. The summed E-state index contributed by atoms with van der Waals surface area (Å²) in [5.41, 5.74) is 0. The van der Waals surface area contributed by atoms with Crippen LogP contribution < -0.4 is 5.32 Å². The van der Waals surface area contributed by atoms with E-state index in [1.54, 1.807) is 6.92 Å². The molecule has 0 amide bonds. The second-order valence-corrected chi connectivity index (χ2v) is 5.19. The minimum Gasteiger partial charge on any atom is -0.314 e. The van der Waals surface area contributed by atoms with Crippen LogP contribution in [0.5, 0.6) is 0 Å². The van der Waals surface area contributed by atoms with Gasteiger partial charge in [0.25, 0.3) is 10.1 Å². The number of hydrogen-bond donors (Lipinski definition) is 1. The zero-order valence-electron chi connectivity index (χ0n) is 8.53. The van der Waals surface area contributed by atoms with Crippen molar-refractivity contribution in [1.82, 2.24) is 10.2 Å². The van der Waals surface area contributed by atoms with Crippen LogP contribution in [0.4, 0.5) is 0 Å². The summed E-state index contributed by atoms with van der Waals surface area (Å²) in [5.74, 6) is 0.0502. The van der Waals surface area contributed by atoms with E-state index in [1.807, 2.05) is 0 Å². The van der Waals surface area contributed by atoms with Crippen molar-refractivity contribution in [3.05, 3.63) is 0 Å². The summed E-state index contributed by atoms with van der Waals surface area (Å²) in [6.45, 7) is 6.43. The Hall–Kier alpha value is -0.170. The Kier molecular flexibility index (Phi) is 4.80. The summed E-state index contributed by atoms with van der Waals surface area (Å²) in [6, 6.07) is 0. The monoisotopic (exact) mass is 222 g/mol. The first-order valence-corrected chi connectivity index (χ1v) is 6.52. The van der Waals surface area contributed by atoms with Gasteiger partial charge in [-0.25, -0.2) is 0 Å². The van der Waals surface area contributed by atoms with Crippen molar-refractivity contribution in [3.8, 4) is 0 Å². The van der Waals surface area contributed by atoms with Crippen molar-refractivity contribution < 1.29 is 12.6 Å². The maximum absolute atomic E-state index is 11.0. The lowest BCUT2D eigenvalue weighted by atomic mass is 10.4. The van der Waals surface area contributed by atoms with Crippen LogP contribution in [0.1, 0.15) is 6.92 Å². The molecule has 1 rings (SSSR count).